The van der Waals surface area contributed by atoms with Crippen molar-refractivity contribution in [2.75, 3.05) is 25.5 Å². The molecule has 1 aromatic rings. The minimum atomic E-state index is -3.47. The first-order valence-corrected chi connectivity index (χ1v) is 7.73. The van der Waals surface area contributed by atoms with Gasteiger partial charge in [-0.15, -0.1) is 0 Å². The van der Waals surface area contributed by atoms with Gasteiger partial charge in [0.1, 0.15) is 0 Å². The molecule has 0 saturated carbocycles. The molecule has 1 fully saturated rings. The third kappa shape index (κ3) is 2.64. The third-order valence-corrected chi connectivity index (χ3v) is 5.05. The van der Waals surface area contributed by atoms with Crippen molar-refractivity contribution < 1.29 is 8.42 Å². The Morgan fingerprint density at radius 2 is 1.89 bits per heavy atom. The minimum absolute atomic E-state index is 0.134. The van der Waals surface area contributed by atoms with E-state index in [0.717, 1.165) is 25.7 Å². The lowest BCUT2D eigenvalue weighted by atomic mass is 10.2. The first-order chi connectivity index (χ1) is 8.66. The first kappa shape index (κ1) is 13.3. The summed E-state index contributed by atoms with van der Waals surface area (Å²) in [6.45, 7) is 1.20. The van der Waals surface area contributed by atoms with E-state index in [2.05, 4.69) is 10.3 Å². The van der Waals surface area contributed by atoms with Crippen molar-refractivity contribution in [3.8, 4) is 0 Å². The van der Waals surface area contributed by atoms with E-state index < -0.39 is 10.0 Å². The summed E-state index contributed by atoms with van der Waals surface area (Å²) in [6, 6.07) is 3.46. The number of rotatable bonds is 3. The number of sulfonamides is 1. The Kier molecular flexibility index (Phi) is 4.19. The Hall–Kier alpha value is -1.14. The fourth-order valence-electron chi connectivity index (χ4n) is 2.19. The van der Waals surface area contributed by atoms with Crippen LogP contribution in [0.25, 0.3) is 0 Å². The maximum atomic E-state index is 12.5. The van der Waals surface area contributed by atoms with Gasteiger partial charge >= 0.3 is 0 Å². The predicted octanol–water partition coefficient (Wildman–Crippen LogP) is 1.69. The molecular weight excluding hydrogens is 250 g/mol. The van der Waals surface area contributed by atoms with Crippen molar-refractivity contribution >= 4 is 15.7 Å². The molecule has 1 N–H and O–H groups in total. The molecule has 0 atom stereocenters. The van der Waals surface area contributed by atoms with E-state index in [0.29, 0.717) is 18.8 Å². The second kappa shape index (κ2) is 5.67. The second-order valence-corrected chi connectivity index (χ2v) is 6.28. The molecule has 0 spiro atoms. The van der Waals surface area contributed by atoms with Gasteiger partial charge < -0.3 is 5.32 Å². The molecule has 1 saturated heterocycles. The van der Waals surface area contributed by atoms with Crippen molar-refractivity contribution in [1.29, 1.82) is 0 Å². The molecule has 0 aromatic carbocycles. The third-order valence-electron chi connectivity index (χ3n) is 3.19. The number of hydrogen-bond donors (Lipinski definition) is 1. The molecule has 1 aromatic heterocycles. The van der Waals surface area contributed by atoms with Crippen LogP contribution in [0.2, 0.25) is 0 Å². The standard InChI is InChI=1S/C12H19N3O2S/c1-13-11-7-6-8-14-12(11)18(16,17)15-9-4-2-3-5-10-15/h6-8,13H,2-5,9-10H2,1H3. The highest BCUT2D eigenvalue weighted by Crippen LogP contribution is 2.23. The maximum Gasteiger partial charge on any atom is 0.262 e. The van der Waals surface area contributed by atoms with E-state index in [4.69, 9.17) is 0 Å². The fraction of sp³-hybridized carbons (Fsp3) is 0.583. The quantitative estimate of drug-likeness (QED) is 0.907. The lowest BCUT2D eigenvalue weighted by Gasteiger charge is -2.20. The summed E-state index contributed by atoms with van der Waals surface area (Å²) < 4.78 is 26.6. The highest BCUT2D eigenvalue weighted by molar-refractivity contribution is 7.89. The molecule has 18 heavy (non-hydrogen) atoms. The Morgan fingerprint density at radius 1 is 1.22 bits per heavy atom. The summed E-state index contributed by atoms with van der Waals surface area (Å²) in [7, 11) is -1.76. The first-order valence-electron chi connectivity index (χ1n) is 6.29. The van der Waals surface area contributed by atoms with Gasteiger partial charge in [-0.1, -0.05) is 12.8 Å². The summed E-state index contributed by atoms with van der Waals surface area (Å²) in [5.74, 6) is 0. The molecule has 0 amide bonds. The van der Waals surface area contributed by atoms with Gasteiger partial charge in [-0.05, 0) is 25.0 Å². The molecule has 0 aliphatic carbocycles. The number of hydrogen-bond acceptors (Lipinski definition) is 4. The maximum absolute atomic E-state index is 12.5. The van der Waals surface area contributed by atoms with Crippen LogP contribution in [0, 0.1) is 0 Å². The monoisotopic (exact) mass is 269 g/mol. The van der Waals surface area contributed by atoms with Crippen LogP contribution in [0.5, 0.6) is 0 Å². The van der Waals surface area contributed by atoms with Crippen LogP contribution in [0.3, 0.4) is 0 Å². The predicted molar refractivity (Wildman–Crippen MR) is 71.0 cm³/mol. The zero-order valence-electron chi connectivity index (χ0n) is 10.6. The Bertz CT molecular complexity index is 494. The van der Waals surface area contributed by atoms with Crippen molar-refractivity contribution in [3.63, 3.8) is 0 Å². The van der Waals surface area contributed by atoms with Crippen molar-refractivity contribution in [2.24, 2.45) is 0 Å². The molecule has 2 rings (SSSR count). The second-order valence-electron chi connectivity index (χ2n) is 4.42. The van der Waals surface area contributed by atoms with Gasteiger partial charge in [0.15, 0.2) is 5.03 Å². The van der Waals surface area contributed by atoms with Gasteiger partial charge in [0.25, 0.3) is 10.0 Å². The minimum Gasteiger partial charge on any atom is -0.386 e. The highest BCUT2D eigenvalue weighted by atomic mass is 32.2. The zero-order valence-corrected chi connectivity index (χ0v) is 11.4. The van der Waals surface area contributed by atoms with Gasteiger partial charge in [-0.25, -0.2) is 13.4 Å². The van der Waals surface area contributed by atoms with Crippen LogP contribution in [0.1, 0.15) is 25.7 Å². The number of aromatic nitrogens is 1. The summed E-state index contributed by atoms with van der Waals surface area (Å²) in [4.78, 5) is 4.03. The lowest BCUT2D eigenvalue weighted by molar-refractivity contribution is 0.422. The molecule has 0 unspecified atom stereocenters. The number of nitrogens with one attached hydrogen (secondary N) is 1. The molecular formula is C12H19N3O2S. The molecule has 100 valence electrons. The van der Waals surface area contributed by atoms with E-state index in [1.807, 2.05) is 0 Å². The van der Waals surface area contributed by atoms with E-state index >= 15 is 0 Å². The molecule has 2 heterocycles. The Labute approximate surface area is 108 Å². The lowest BCUT2D eigenvalue weighted by Crippen LogP contribution is -2.32. The molecule has 1 aliphatic heterocycles. The highest BCUT2D eigenvalue weighted by Gasteiger charge is 2.28. The van der Waals surface area contributed by atoms with Gasteiger partial charge in [0.2, 0.25) is 0 Å². The average Bonchev–Trinajstić information content (AvgIpc) is 2.68. The normalized spacial score (nSPS) is 18.3. The fourth-order valence-corrected chi connectivity index (χ4v) is 3.82. The number of anilines is 1. The number of pyridine rings is 1. The van der Waals surface area contributed by atoms with Gasteiger partial charge in [-0.3, -0.25) is 0 Å². The Morgan fingerprint density at radius 3 is 2.50 bits per heavy atom. The zero-order chi connectivity index (χ0) is 13.0. The topological polar surface area (TPSA) is 62.3 Å². The summed E-state index contributed by atoms with van der Waals surface area (Å²) in [6.07, 6.45) is 5.59. The summed E-state index contributed by atoms with van der Waals surface area (Å²) in [5.41, 5.74) is 0.557. The van der Waals surface area contributed by atoms with Gasteiger partial charge in [0, 0.05) is 26.3 Å². The van der Waals surface area contributed by atoms with Crippen LogP contribution in [0.4, 0.5) is 5.69 Å². The van der Waals surface area contributed by atoms with Crippen LogP contribution in [0.15, 0.2) is 23.4 Å². The van der Waals surface area contributed by atoms with Crippen molar-refractivity contribution in [2.45, 2.75) is 30.7 Å². The summed E-state index contributed by atoms with van der Waals surface area (Å²) in [5, 5.41) is 3.02. The smallest absolute Gasteiger partial charge is 0.262 e. The van der Waals surface area contributed by atoms with Gasteiger partial charge in [0.05, 0.1) is 5.69 Å². The average molecular weight is 269 g/mol. The van der Waals surface area contributed by atoms with Crippen molar-refractivity contribution in [1.82, 2.24) is 9.29 Å². The van der Waals surface area contributed by atoms with E-state index in [1.54, 1.807) is 23.5 Å². The molecule has 6 heteroatoms. The SMILES string of the molecule is CNc1cccnc1S(=O)(=O)N1CCCCCC1. The largest absolute Gasteiger partial charge is 0.386 e. The molecule has 0 radical (unpaired) electrons. The van der Waals surface area contributed by atoms with Crippen LogP contribution >= 0.6 is 0 Å². The number of nitrogens with zero attached hydrogens (tertiary/aromatic N) is 2. The Balaban J connectivity index is 2.34. The van der Waals surface area contributed by atoms with E-state index in [9.17, 15) is 8.42 Å². The van der Waals surface area contributed by atoms with Gasteiger partial charge in [-0.2, -0.15) is 4.31 Å². The van der Waals surface area contributed by atoms with E-state index in [1.165, 1.54) is 6.20 Å². The molecule has 5 nitrogen and oxygen atoms in total. The van der Waals surface area contributed by atoms with Crippen LogP contribution in [-0.4, -0.2) is 37.8 Å². The summed E-state index contributed by atoms with van der Waals surface area (Å²) >= 11 is 0. The van der Waals surface area contributed by atoms with E-state index in [-0.39, 0.29) is 5.03 Å². The van der Waals surface area contributed by atoms with Crippen molar-refractivity contribution in [3.05, 3.63) is 18.3 Å². The molecule has 1 aliphatic rings. The van der Waals surface area contributed by atoms with Crippen LogP contribution < -0.4 is 5.32 Å². The molecule has 0 bridgehead atoms. The van der Waals surface area contributed by atoms with Crippen LogP contribution in [-0.2, 0) is 10.0 Å².